The zero-order valence-corrected chi connectivity index (χ0v) is 15.9. The molecule has 3 N–H and O–H groups in total. The summed E-state index contributed by atoms with van der Waals surface area (Å²) in [6.45, 7) is 0.499. The van der Waals surface area contributed by atoms with Crippen molar-refractivity contribution in [2.45, 2.75) is 19.0 Å². The summed E-state index contributed by atoms with van der Waals surface area (Å²) in [6.07, 6.45) is 1.15. The summed E-state index contributed by atoms with van der Waals surface area (Å²) in [7, 11) is 0. The first kappa shape index (κ1) is 17.9. The van der Waals surface area contributed by atoms with Gasteiger partial charge in [0.2, 0.25) is 0 Å². The van der Waals surface area contributed by atoms with E-state index in [0.717, 1.165) is 23.5 Å². The molecule has 4 nitrogen and oxygen atoms in total. The van der Waals surface area contributed by atoms with Crippen molar-refractivity contribution in [2.24, 2.45) is 0 Å². The number of thiocarbonyl (C=S) groups is 1. The van der Waals surface area contributed by atoms with Gasteiger partial charge in [-0.05, 0) is 54.7 Å². The minimum Gasteiger partial charge on any atom is -0.460 e. The number of hydrazine groups is 1. The third-order valence-corrected chi connectivity index (χ3v) is 5.53. The van der Waals surface area contributed by atoms with Crippen LogP contribution >= 0.6 is 47.2 Å². The highest BCUT2D eigenvalue weighted by Crippen LogP contribution is 2.31. The predicted octanol–water partition coefficient (Wildman–Crippen LogP) is 4.23. The molecule has 0 bridgehead atoms. The van der Waals surface area contributed by atoms with Crippen molar-refractivity contribution in [3.8, 4) is 11.3 Å². The fourth-order valence-corrected chi connectivity index (χ4v) is 4.16. The van der Waals surface area contributed by atoms with Crippen LogP contribution in [0.1, 0.15) is 12.2 Å². The van der Waals surface area contributed by atoms with E-state index >= 15 is 0 Å². The lowest BCUT2D eigenvalue weighted by molar-refractivity contribution is 0.483. The van der Waals surface area contributed by atoms with E-state index in [-0.39, 0.29) is 0 Å². The topological polar surface area (TPSA) is 49.2 Å². The third-order valence-electron chi connectivity index (χ3n) is 3.58. The lowest BCUT2D eigenvalue weighted by atomic mass is 10.2. The van der Waals surface area contributed by atoms with Crippen LogP contribution in [0.5, 0.6) is 0 Å². The molecule has 3 rings (SSSR count). The molecule has 8 heteroatoms. The summed E-state index contributed by atoms with van der Waals surface area (Å²) < 4.78 is 5.81. The van der Waals surface area contributed by atoms with Crippen molar-refractivity contribution in [1.29, 1.82) is 0 Å². The Kier molecular flexibility index (Phi) is 6.30. The van der Waals surface area contributed by atoms with Crippen LogP contribution in [-0.4, -0.2) is 22.7 Å². The first-order chi connectivity index (χ1) is 11.6. The molecule has 2 heterocycles. The Bertz CT molecular complexity index is 717. The van der Waals surface area contributed by atoms with Gasteiger partial charge in [-0.1, -0.05) is 23.2 Å². The van der Waals surface area contributed by atoms with Crippen LogP contribution in [0.25, 0.3) is 11.3 Å². The Morgan fingerprint density at radius 3 is 2.96 bits per heavy atom. The van der Waals surface area contributed by atoms with Crippen LogP contribution in [0.2, 0.25) is 10.0 Å². The molecule has 1 fully saturated rings. The normalized spacial score (nSPS) is 17.0. The Labute approximate surface area is 160 Å². The number of rotatable bonds is 5. The molecule has 1 aliphatic rings. The molecule has 1 aromatic heterocycles. The van der Waals surface area contributed by atoms with E-state index < -0.39 is 0 Å². The van der Waals surface area contributed by atoms with Gasteiger partial charge in [-0.15, -0.1) is 0 Å². The summed E-state index contributed by atoms with van der Waals surface area (Å²) in [5, 5.41) is 5.11. The number of nitrogens with one attached hydrogen (secondary N) is 3. The maximum atomic E-state index is 6.19. The summed E-state index contributed by atoms with van der Waals surface area (Å²) >= 11 is 19.4. The number of halogens is 2. The zero-order chi connectivity index (χ0) is 16.9. The minimum absolute atomic E-state index is 0.456. The fraction of sp³-hybridized carbons (Fsp3) is 0.312. The van der Waals surface area contributed by atoms with Crippen LogP contribution in [0.15, 0.2) is 34.7 Å². The molecule has 24 heavy (non-hydrogen) atoms. The van der Waals surface area contributed by atoms with E-state index in [4.69, 9.17) is 39.8 Å². The highest BCUT2D eigenvalue weighted by atomic mass is 35.5. The van der Waals surface area contributed by atoms with Gasteiger partial charge >= 0.3 is 0 Å². The molecule has 0 aliphatic carbocycles. The van der Waals surface area contributed by atoms with Gasteiger partial charge in [0.05, 0.1) is 11.6 Å². The summed E-state index contributed by atoms with van der Waals surface area (Å²) in [6, 6.07) is 9.52. The number of benzene rings is 1. The van der Waals surface area contributed by atoms with Gasteiger partial charge in [0, 0.05) is 22.4 Å². The SMILES string of the molecule is S=C(NNCc1ccc(-c2cc(Cl)ccc2Cl)o1)NC1CCSC1. The summed E-state index contributed by atoms with van der Waals surface area (Å²) in [5.41, 5.74) is 6.81. The largest absolute Gasteiger partial charge is 0.460 e. The van der Waals surface area contributed by atoms with E-state index in [9.17, 15) is 0 Å². The average Bonchev–Trinajstić information content (AvgIpc) is 3.21. The molecule has 1 unspecified atom stereocenters. The van der Waals surface area contributed by atoms with Gasteiger partial charge in [-0.2, -0.15) is 11.8 Å². The molecular weight excluding hydrogens is 385 g/mol. The summed E-state index contributed by atoms with van der Waals surface area (Å²) in [5.74, 6) is 3.74. The Balaban J connectivity index is 1.51. The number of thioether (sulfide) groups is 1. The van der Waals surface area contributed by atoms with E-state index in [2.05, 4.69) is 16.2 Å². The van der Waals surface area contributed by atoms with Crippen molar-refractivity contribution in [1.82, 2.24) is 16.2 Å². The molecule has 0 spiro atoms. The second kappa shape index (κ2) is 8.45. The van der Waals surface area contributed by atoms with Crippen molar-refractivity contribution < 1.29 is 4.42 Å². The molecule has 0 amide bonds. The van der Waals surface area contributed by atoms with Crippen molar-refractivity contribution >= 4 is 52.3 Å². The highest BCUT2D eigenvalue weighted by molar-refractivity contribution is 7.99. The lowest BCUT2D eigenvalue weighted by Gasteiger charge is -2.15. The maximum Gasteiger partial charge on any atom is 0.181 e. The molecule has 128 valence electrons. The Morgan fingerprint density at radius 1 is 1.29 bits per heavy atom. The highest BCUT2D eigenvalue weighted by Gasteiger charge is 2.15. The van der Waals surface area contributed by atoms with Crippen LogP contribution in [0.3, 0.4) is 0 Å². The second-order valence-corrected chi connectivity index (χ2v) is 7.80. The minimum atomic E-state index is 0.456. The van der Waals surface area contributed by atoms with Gasteiger partial charge in [-0.3, -0.25) is 5.43 Å². The molecule has 1 saturated heterocycles. The Morgan fingerprint density at radius 2 is 2.17 bits per heavy atom. The quantitative estimate of drug-likeness (QED) is 0.514. The molecule has 0 saturated carbocycles. The predicted molar refractivity (Wildman–Crippen MR) is 106 cm³/mol. The van der Waals surface area contributed by atoms with E-state index in [1.807, 2.05) is 23.9 Å². The second-order valence-electron chi connectivity index (χ2n) is 5.40. The fourth-order valence-electron chi connectivity index (χ4n) is 2.39. The van der Waals surface area contributed by atoms with E-state index in [0.29, 0.717) is 33.5 Å². The Hall–Kier alpha value is -0.920. The lowest BCUT2D eigenvalue weighted by Crippen LogP contribution is -2.47. The van der Waals surface area contributed by atoms with Gasteiger partial charge in [0.15, 0.2) is 5.11 Å². The molecule has 1 atom stereocenters. The van der Waals surface area contributed by atoms with Crippen molar-refractivity contribution in [3.05, 3.63) is 46.1 Å². The number of hydrogen-bond acceptors (Lipinski definition) is 4. The smallest absolute Gasteiger partial charge is 0.181 e. The number of hydrogen-bond donors (Lipinski definition) is 3. The molecular formula is C16H17Cl2N3OS2. The van der Waals surface area contributed by atoms with Crippen LogP contribution in [0, 0.1) is 0 Å². The standard InChI is InChI=1S/C16H17Cl2N3OS2/c17-10-1-3-14(18)13(7-10)15-4-2-12(22-15)8-19-21-16(23)20-11-5-6-24-9-11/h1-4,7,11,19H,5-6,8-9H2,(H2,20,21,23). The van der Waals surface area contributed by atoms with Crippen molar-refractivity contribution in [3.63, 3.8) is 0 Å². The van der Waals surface area contributed by atoms with Gasteiger partial charge in [-0.25, -0.2) is 5.43 Å². The van der Waals surface area contributed by atoms with E-state index in [1.54, 1.807) is 18.2 Å². The maximum absolute atomic E-state index is 6.19. The molecule has 0 radical (unpaired) electrons. The zero-order valence-electron chi connectivity index (χ0n) is 12.8. The molecule has 2 aromatic rings. The van der Waals surface area contributed by atoms with Crippen LogP contribution in [0.4, 0.5) is 0 Å². The summed E-state index contributed by atoms with van der Waals surface area (Å²) in [4.78, 5) is 0. The van der Waals surface area contributed by atoms with Crippen molar-refractivity contribution in [2.75, 3.05) is 11.5 Å². The third kappa shape index (κ3) is 4.80. The first-order valence-corrected chi connectivity index (χ1v) is 9.85. The molecule has 1 aliphatic heterocycles. The molecule has 1 aromatic carbocycles. The first-order valence-electron chi connectivity index (χ1n) is 7.53. The van der Waals surface area contributed by atoms with Crippen LogP contribution in [-0.2, 0) is 6.54 Å². The van der Waals surface area contributed by atoms with Gasteiger partial charge < -0.3 is 9.73 Å². The average molecular weight is 402 g/mol. The number of furan rings is 1. The monoisotopic (exact) mass is 401 g/mol. The van der Waals surface area contributed by atoms with E-state index in [1.165, 1.54) is 5.75 Å². The van der Waals surface area contributed by atoms with Gasteiger partial charge in [0.25, 0.3) is 0 Å². The van der Waals surface area contributed by atoms with Gasteiger partial charge in [0.1, 0.15) is 11.5 Å². The van der Waals surface area contributed by atoms with Crippen LogP contribution < -0.4 is 16.2 Å².